The van der Waals surface area contributed by atoms with Crippen molar-refractivity contribution >= 4 is 40.4 Å². The van der Waals surface area contributed by atoms with Crippen LogP contribution in [0.3, 0.4) is 0 Å². The van der Waals surface area contributed by atoms with Gasteiger partial charge in [0.15, 0.2) is 0 Å². The molecule has 2 aromatic rings. The molecule has 0 fully saturated rings. The maximum atomic E-state index is 12.0. The maximum Gasteiger partial charge on any atom is 0.262 e. The summed E-state index contributed by atoms with van der Waals surface area (Å²) in [5, 5.41) is 5.73. The summed E-state index contributed by atoms with van der Waals surface area (Å²) in [4.78, 5) is 12.7. The summed E-state index contributed by atoms with van der Waals surface area (Å²) in [5.41, 5.74) is 1.62. The molecular formula is C14H11Cl2NOS. The van der Waals surface area contributed by atoms with Crippen LogP contribution in [0.25, 0.3) is 11.1 Å². The van der Waals surface area contributed by atoms with Crippen LogP contribution < -0.4 is 5.32 Å². The Hall–Kier alpha value is -1.29. The summed E-state index contributed by atoms with van der Waals surface area (Å²) in [6.45, 7) is 4.01. The second kappa shape index (κ2) is 6.24. The zero-order chi connectivity index (χ0) is 13.8. The first-order valence-corrected chi connectivity index (χ1v) is 7.19. The third-order valence-corrected chi connectivity index (χ3v) is 3.96. The van der Waals surface area contributed by atoms with Gasteiger partial charge in [-0.1, -0.05) is 35.3 Å². The Labute approximate surface area is 125 Å². The van der Waals surface area contributed by atoms with E-state index < -0.39 is 0 Å². The van der Waals surface area contributed by atoms with Crippen molar-refractivity contribution in [2.75, 3.05) is 6.54 Å². The van der Waals surface area contributed by atoms with E-state index in [2.05, 4.69) is 11.9 Å². The molecule has 0 unspecified atom stereocenters. The molecule has 1 N–H and O–H groups in total. The van der Waals surface area contributed by atoms with Crippen molar-refractivity contribution in [1.29, 1.82) is 0 Å². The fourth-order valence-electron chi connectivity index (χ4n) is 1.65. The van der Waals surface area contributed by atoms with Crippen molar-refractivity contribution in [2.45, 2.75) is 0 Å². The molecule has 0 spiro atoms. The number of halogens is 2. The van der Waals surface area contributed by atoms with Crippen LogP contribution in [0, 0.1) is 0 Å². The van der Waals surface area contributed by atoms with E-state index in [4.69, 9.17) is 23.2 Å². The van der Waals surface area contributed by atoms with E-state index in [0.717, 1.165) is 11.1 Å². The van der Waals surface area contributed by atoms with Gasteiger partial charge in [0, 0.05) is 27.7 Å². The molecule has 1 amide bonds. The summed E-state index contributed by atoms with van der Waals surface area (Å²) in [7, 11) is 0. The second-order valence-corrected chi connectivity index (χ2v) is 5.55. The van der Waals surface area contributed by atoms with E-state index in [-0.39, 0.29) is 5.91 Å². The monoisotopic (exact) mass is 311 g/mol. The van der Waals surface area contributed by atoms with Crippen LogP contribution in [0.2, 0.25) is 10.0 Å². The lowest BCUT2D eigenvalue weighted by molar-refractivity contribution is 0.0962. The smallest absolute Gasteiger partial charge is 0.262 e. The lowest BCUT2D eigenvalue weighted by atomic mass is 10.1. The Morgan fingerprint density at radius 1 is 1.32 bits per heavy atom. The Bertz CT molecular complexity index is 622. The van der Waals surface area contributed by atoms with Crippen molar-refractivity contribution in [1.82, 2.24) is 5.32 Å². The summed E-state index contributed by atoms with van der Waals surface area (Å²) < 4.78 is 0. The van der Waals surface area contributed by atoms with Crippen molar-refractivity contribution < 1.29 is 4.79 Å². The van der Waals surface area contributed by atoms with Gasteiger partial charge in [-0.05, 0) is 23.6 Å². The minimum Gasteiger partial charge on any atom is -0.348 e. The first-order chi connectivity index (χ1) is 9.13. The highest BCUT2D eigenvalue weighted by atomic mass is 35.5. The van der Waals surface area contributed by atoms with E-state index in [1.807, 2.05) is 17.5 Å². The van der Waals surface area contributed by atoms with Gasteiger partial charge >= 0.3 is 0 Å². The van der Waals surface area contributed by atoms with Gasteiger partial charge in [0.05, 0.1) is 4.88 Å². The molecule has 2 nitrogen and oxygen atoms in total. The first kappa shape index (κ1) is 14.1. The van der Waals surface area contributed by atoms with Gasteiger partial charge in [-0.2, -0.15) is 0 Å². The van der Waals surface area contributed by atoms with Gasteiger partial charge in [0.1, 0.15) is 0 Å². The second-order valence-electron chi connectivity index (χ2n) is 3.79. The average Bonchev–Trinajstić information content (AvgIpc) is 2.85. The highest BCUT2D eigenvalue weighted by Crippen LogP contribution is 2.34. The Morgan fingerprint density at radius 2 is 2.11 bits per heavy atom. The van der Waals surface area contributed by atoms with Gasteiger partial charge < -0.3 is 5.32 Å². The number of nitrogens with one attached hydrogen (secondary N) is 1. The van der Waals surface area contributed by atoms with Crippen LogP contribution in [0.15, 0.2) is 42.3 Å². The number of rotatable bonds is 4. The molecule has 0 aliphatic carbocycles. The topological polar surface area (TPSA) is 29.1 Å². The fourth-order valence-corrected chi connectivity index (χ4v) is 2.98. The number of hydrogen-bond donors (Lipinski definition) is 1. The molecule has 1 aromatic heterocycles. The number of hydrogen-bond acceptors (Lipinski definition) is 2. The van der Waals surface area contributed by atoms with Crippen LogP contribution in [0.5, 0.6) is 0 Å². The highest BCUT2D eigenvalue weighted by Gasteiger charge is 2.16. The quantitative estimate of drug-likeness (QED) is 0.819. The van der Waals surface area contributed by atoms with Crippen molar-refractivity contribution in [3.63, 3.8) is 0 Å². The summed E-state index contributed by atoms with van der Waals surface area (Å²) in [5.74, 6) is -0.129. The largest absolute Gasteiger partial charge is 0.348 e. The molecule has 0 radical (unpaired) electrons. The van der Waals surface area contributed by atoms with E-state index >= 15 is 0 Å². The van der Waals surface area contributed by atoms with E-state index in [1.54, 1.807) is 18.2 Å². The Balaban J connectivity index is 2.38. The summed E-state index contributed by atoms with van der Waals surface area (Å²) in [6.07, 6.45) is 1.64. The molecule has 1 aromatic carbocycles. The molecule has 2 rings (SSSR count). The standard InChI is InChI=1S/C14H11Cl2NOS/c1-2-6-17-14(18)13-11(5-7-19-13)10-4-3-9(15)8-12(10)16/h2-5,7-8H,1,6H2,(H,17,18). The molecule has 0 saturated carbocycles. The lowest BCUT2D eigenvalue weighted by Crippen LogP contribution is -2.22. The van der Waals surface area contributed by atoms with E-state index in [9.17, 15) is 4.79 Å². The number of carbonyl (C=O) groups is 1. The lowest BCUT2D eigenvalue weighted by Gasteiger charge is -2.06. The predicted molar refractivity (Wildman–Crippen MR) is 82.3 cm³/mol. The molecule has 0 aliphatic rings. The molecule has 19 heavy (non-hydrogen) atoms. The predicted octanol–water partition coefficient (Wildman–Crippen LogP) is 4.64. The van der Waals surface area contributed by atoms with Crippen molar-refractivity contribution in [3.8, 4) is 11.1 Å². The van der Waals surface area contributed by atoms with Crippen LogP contribution in [0.1, 0.15) is 9.67 Å². The normalized spacial score (nSPS) is 10.2. The maximum absolute atomic E-state index is 12.0. The van der Waals surface area contributed by atoms with E-state index in [0.29, 0.717) is 21.5 Å². The average molecular weight is 312 g/mol. The van der Waals surface area contributed by atoms with Gasteiger partial charge in [0.2, 0.25) is 0 Å². The SMILES string of the molecule is C=CCNC(=O)c1sccc1-c1ccc(Cl)cc1Cl. The van der Waals surface area contributed by atoms with Crippen LogP contribution in [-0.4, -0.2) is 12.5 Å². The third kappa shape index (κ3) is 3.18. The Morgan fingerprint density at radius 3 is 2.79 bits per heavy atom. The number of amides is 1. The number of benzene rings is 1. The zero-order valence-corrected chi connectivity index (χ0v) is 12.3. The molecular weight excluding hydrogens is 301 g/mol. The van der Waals surface area contributed by atoms with Gasteiger partial charge in [-0.3, -0.25) is 4.79 Å². The number of carbonyl (C=O) groups excluding carboxylic acids is 1. The Kier molecular flexibility index (Phi) is 4.64. The molecule has 0 bridgehead atoms. The highest BCUT2D eigenvalue weighted by molar-refractivity contribution is 7.12. The van der Waals surface area contributed by atoms with Gasteiger partial charge in [0.25, 0.3) is 5.91 Å². The molecule has 0 aliphatic heterocycles. The van der Waals surface area contributed by atoms with Crippen LogP contribution in [-0.2, 0) is 0 Å². The molecule has 98 valence electrons. The van der Waals surface area contributed by atoms with Crippen LogP contribution >= 0.6 is 34.5 Å². The molecule has 0 saturated heterocycles. The fraction of sp³-hybridized carbons (Fsp3) is 0.0714. The minimum atomic E-state index is -0.129. The molecule has 5 heteroatoms. The zero-order valence-electron chi connectivity index (χ0n) is 9.95. The minimum absolute atomic E-state index is 0.129. The van der Waals surface area contributed by atoms with Crippen LogP contribution in [0.4, 0.5) is 0 Å². The van der Waals surface area contributed by atoms with E-state index in [1.165, 1.54) is 11.3 Å². The summed E-state index contributed by atoms with van der Waals surface area (Å²) in [6, 6.07) is 7.12. The summed E-state index contributed by atoms with van der Waals surface area (Å²) >= 11 is 13.4. The third-order valence-electron chi connectivity index (χ3n) is 2.50. The number of thiophene rings is 1. The van der Waals surface area contributed by atoms with Gasteiger partial charge in [-0.25, -0.2) is 0 Å². The molecule has 1 heterocycles. The van der Waals surface area contributed by atoms with Crippen molar-refractivity contribution in [3.05, 3.63) is 57.2 Å². The first-order valence-electron chi connectivity index (χ1n) is 5.55. The van der Waals surface area contributed by atoms with Gasteiger partial charge in [-0.15, -0.1) is 17.9 Å². The van der Waals surface area contributed by atoms with Crippen molar-refractivity contribution in [2.24, 2.45) is 0 Å². The molecule has 0 atom stereocenters.